The van der Waals surface area contributed by atoms with Crippen molar-refractivity contribution < 1.29 is 14.3 Å². The van der Waals surface area contributed by atoms with Gasteiger partial charge in [0.15, 0.2) is 0 Å². The molecular weight excluding hydrogens is 240 g/mol. The van der Waals surface area contributed by atoms with E-state index >= 15 is 0 Å². The second kappa shape index (κ2) is 4.61. The van der Waals surface area contributed by atoms with Crippen molar-refractivity contribution >= 4 is 34.0 Å². The Hall–Kier alpha value is -2.55. The van der Waals surface area contributed by atoms with E-state index in [1.807, 2.05) is 48.5 Å². The molecule has 1 aromatic heterocycles. The van der Waals surface area contributed by atoms with Crippen molar-refractivity contribution in [2.24, 2.45) is 0 Å². The number of carboxylic acids is 1. The molecule has 3 aromatic rings. The lowest BCUT2D eigenvalue weighted by atomic mass is 10.1. The van der Waals surface area contributed by atoms with E-state index < -0.39 is 5.97 Å². The summed E-state index contributed by atoms with van der Waals surface area (Å²) in [5, 5.41) is 10.7. The summed E-state index contributed by atoms with van der Waals surface area (Å²) < 4.78 is 5.73. The minimum atomic E-state index is -0.828. The molecule has 0 bridgehead atoms. The molecule has 3 heteroatoms. The normalized spacial score (nSPS) is 11.6. The van der Waals surface area contributed by atoms with Gasteiger partial charge in [-0.25, -0.2) is 0 Å². The van der Waals surface area contributed by atoms with Crippen LogP contribution in [0.15, 0.2) is 53.0 Å². The van der Waals surface area contributed by atoms with E-state index in [0.717, 1.165) is 27.5 Å². The van der Waals surface area contributed by atoms with Crippen LogP contribution in [-0.2, 0) is 4.79 Å². The zero-order chi connectivity index (χ0) is 13.2. The number of furan rings is 1. The zero-order valence-electron chi connectivity index (χ0n) is 10.2. The predicted octanol–water partition coefficient (Wildman–Crippen LogP) is 4.07. The molecule has 0 aliphatic rings. The van der Waals surface area contributed by atoms with Crippen LogP contribution in [0, 0.1) is 0 Å². The average molecular weight is 252 g/mol. The Morgan fingerprint density at radius 1 is 1.11 bits per heavy atom. The molecular formula is C16H12O3. The van der Waals surface area contributed by atoms with E-state index in [2.05, 4.69) is 0 Å². The fourth-order valence-corrected chi connectivity index (χ4v) is 2.14. The van der Waals surface area contributed by atoms with Crippen LogP contribution >= 0.6 is 0 Å². The van der Waals surface area contributed by atoms with Crippen LogP contribution in [0.4, 0.5) is 0 Å². The summed E-state index contributed by atoms with van der Waals surface area (Å²) in [6, 6.07) is 13.7. The van der Waals surface area contributed by atoms with Crippen LogP contribution in [-0.4, -0.2) is 11.1 Å². The smallest absolute Gasteiger partial charge is 0.307 e. The topological polar surface area (TPSA) is 50.4 Å². The van der Waals surface area contributed by atoms with Gasteiger partial charge < -0.3 is 9.52 Å². The molecule has 94 valence electrons. The molecule has 1 N–H and O–H groups in total. The summed E-state index contributed by atoms with van der Waals surface area (Å²) >= 11 is 0. The first kappa shape index (κ1) is 11.5. The van der Waals surface area contributed by atoms with Gasteiger partial charge in [-0.3, -0.25) is 4.79 Å². The van der Waals surface area contributed by atoms with Gasteiger partial charge in [0.1, 0.15) is 11.2 Å². The standard InChI is InChI=1S/C16H12O3/c17-16(18)7-3-4-11-8-9-15-13(10-11)12-5-1-2-6-14(12)19-15/h1-6,8-10H,7H2,(H,17,18). The third-order valence-corrected chi connectivity index (χ3v) is 3.00. The third-order valence-electron chi connectivity index (χ3n) is 3.00. The maximum Gasteiger partial charge on any atom is 0.307 e. The first-order valence-corrected chi connectivity index (χ1v) is 6.04. The van der Waals surface area contributed by atoms with E-state index in [0.29, 0.717) is 0 Å². The minimum Gasteiger partial charge on any atom is -0.481 e. The van der Waals surface area contributed by atoms with Crippen LogP contribution in [0.2, 0.25) is 0 Å². The summed E-state index contributed by atoms with van der Waals surface area (Å²) in [6.45, 7) is 0. The molecule has 0 spiro atoms. The Labute approximate surface area is 109 Å². The molecule has 0 fully saturated rings. The summed E-state index contributed by atoms with van der Waals surface area (Å²) in [4.78, 5) is 10.5. The number of para-hydroxylation sites is 1. The molecule has 0 unspecified atom stereocenters. The van der Waals surface area contributed by atoms with Crippen molar-refractivity contribution in [3.8, 4) is 0 Å². The van der Waals surface area contributed by atoms with E-state index in [1.54, 1.807) is 6.08 Å². The van der Waals surface area contributed by atoms with Gasteiger partial charge in [0.2, 0.25) is 0 Å². The quantitative estimate of drug-likeness (QED) is 0.764. The number of hydrogen-bond donors (Lipinski definition) is 1. The van der Waals surface area contributed by atoms with Gasteiger partial charge >= 0.3 is 5.97 Å². The van der Waals surface area contributed by atoms with Gasteiger partial charge in [-0.1, -0.05) is 36.4 Å². The van der Waals surface area contributed by atoms with Crippen LogP contribution < -0.4 is 0 Å². The number of benzene rings is 2. The molecule has 0 atom stereocenters. The van der Waals surface area contributed by atoms with Crippen LogP contribution in [0.25, 0.3) is 28.0 Å². The monoisotopic (exact) mass is 252 g/mol. The SMILES string of the molecule is O=C(O)CC=Cc1ccc2oc3ccccc3c2c1. The lowest BCUT2D eigenvalue weighted by Crippen LogP contribution is -1.89. The number of rotatable bonds is 3. The van der Waals surface area contributed by atoms with Gasteiger partial charge in [0, 0.05) is 10.8 Å². The van der Waals surface area contributed by atoms with E-state index in [1.165, 1.54) is 0 Å². The Morgan fingerprint density at radius 3 is 2.74 bits per heavy atom. The van der Waals surface area contributed by atoms with Crippen LogP contribution in [0.3, 0.4) is 0 Å². The number of fused-ring (bicyclic) bond motifs is 3. The second-order valence-corrected chi connectivity index (χ2v) is 4.35. The van der Waals surface area contributed by atoms with Gasteiger partial charge in [-0.2, -0.15) is 0 Å². The number of aliphatic carboxylic acids is 1. The highest BCUT2D eigenvalue weighted by Gasteiger charge is 2.05. The summed E-state index contributed by atoms with van der Waals surface area (Å²) in [5.41, 5.74) is 2.68. The Kier molecular flexibility index (Phi) is 2.80. The molecule has 2 aromatic carbocycles. The summed E-state index contributed by atoms with van der Waals surface area (Å²) in [7, 11) is 0. The van der Waals surface area contributed by atoms with Gasteiger partial charge in [-0.15, -0.1) is 0 Å². The lowest BCUT2D eigenvalue weighted by Gasteiger charge is -1.94. The van der Waals surface area contributed by atoms with E-state index in [4.69, 9.17) is 9.52 Å². The zero-order valence-corrected chi connectivity index (χ0v) is 10.2. The summed E-state index contributed by atoms with van der Waals surface area (Å²) in [5.74, 6) is -0.828. The lowest BCUT2D eigenvalue weighted by molar-refractivity contribution is -0.135. The molecule has 19 heavy (non-hydrogen) atoms. The maximum absolute atomic E-state index is 10.5. The van der Waals surface area contributed by atoms with E-state index in [-0.39, 0.29) is 6.42 Å². The average Bonchev–Trinajstić information content (AvgIpc) is 2.76. The number of carboxylic acid groups (broad SMARTS) is 1. The minimum absolute atomic E-state index is 0.0319. The Bertz CT molecular complexity index is 781. The van der Waals surface area contributed by atoms with Crippen molar-refractivity contribution in [1.29, 1.82) is 0 Å². The highest BCUT2D eigenvalue weighted by molar-refractivity contribution is 6.05. The predicted molar refractivity (Wildman–Crippen MR) is 75.0 cm³/mol. The molecule has 0 aliphatic heterocycles. The van der Waals surface area contributed by atoms with Crippen LogP contribution in [0.5, 0.6) is 0 Å². The van der Waals surface area contributed by atoms with Crippen molar-refractivity contribution in [3.63, 3.8) is 0 Å². The number of hydrogen-bond acceptors (Lipinski definition) is 2. The Balaban J connectivity index is 2.06. The second-order valence-electron chi connectivity index (χ2n) is 4.35. The van der Waals surface area contributed by atoms with Gasteiger partial charge in [0.05, 0.1) is 6.42 Å². The van der Waals surface area contributed by atoms with Gasteiger partial charge in [-0.05, 0) is 23.8 Å². The molecule has 0 aliphatic carbocycles. The van der Waals surface area contributed by atoms with Gasteiger partial charge in [0.25, 0.3) is 0 Å². The first-order chi connectivity index (χ1) is 9.24. The van der Waals surface area contributed by atoms with Crippen molar-refractivity contribution in [2.45, 2.75) is 6.42 Å². The molecule has 3 rings (SSSR count). The fourth-order valence-electron chi connectivity index (χ4n) is 2.14. The largest absolute Gasteiger partial charge is 0.481 e. The van der Waals surface area contributed by atoms with Crippen molar-refractivity contribution in [2.75, 3.05) is 0 Å². The molecule has 0 radical (unpaired) electrons. The fraction of sp³-hybridized carbons (Fsp3) is 0.0625. The third kappa shape index (κ3) is 2.22. The molecule has 1 heterocycles. The van der Waals surface area contributed by atoms with Crippen molar-refractivity contribution in [1.82, 2.24) is 0 Å². The highest BCUT2D eigenvalue weighted by atomic mass is 16.4. The highest BCUT2D eigenvalue weighted by Crippen LogP contribution is 2.29. The molecule has 0 saturated carbocycles. The molecule has 3 nitrogen and oxygen atoms in total. The molecule has 0 saturated heterocycles. The summed E-state index contributed by atoms with van der Waals surface area (Å²) in [6.07, 6.45) is 3.49. The number of carbonyl (C=O) groups is 1. The maximum atomic E-state index is 10.5. The van der Waals surface area contributed by atoms with Crippen molar-refractivity contribution in [3.05, 3.63) is 54.1 Å². The van der Waals surface area contributed by atoms with Crippen LogP contribution in [0.1, 0.15) is 12.0 Å². The first-order valence-electron chi connectivity index (χ1n) is 6.04. The van der Waals surface area contributed by atoms with E-state index in [9.17, 15) is 4.79 Å². The molecule has 0 amide bonds. The Morgan fingerprint density at radius 2 is 1.89 bits per heavy atom.